The van der Waals surface area contributed by atoms with E-state index < -0.39 is 40.4 Å². The molecule has 1 amide bonds. The maximum atomic E-state index is 13.7. The number of aromatic nitrogens is 1. The second-order valence-electron chi connectivity index (χ2n) is 11.4. The number of carbonyl (C=O) groups excluding carboxylic acids is 2. The van der Waals surface area contributed by atoms with Crippen LogP contribution in [-0.4, -0.2) is 70.5 Å². The number of hydrogen-bond donors (Lipinski definition) is 2. The molecule has 0 radical (unpaired) electrons. The third-order valence-electron chi connectivity index (χ3n) is 7.62. The van der Waals surface area contributed by atoms with E-state index in [2.05, 4.69) is 20.7 Å². The van der Waals surface area contributed by atoms with E-state index >= 15 is 0 Å². The second-order valence-corrected chi connectivity index (χ2v) is 11.9. The number of hydrogen-bond acceptors (Lipinski definition) is 9. The number of rotatable bonds is 3. The van der Waals surface area contributed by atoms with Crippen LogP contribution < -0.4 is 15.8 Å². The molecule has 9 nitrogen and oxygen atoms in total. The molecule has 2 aliphatic heterocycles. The minimum absolute atomic E-state index is 0.0152. The van der Waals surface area contributed by atoms with Crippen molar-refractivity contribution in [2.24, 2.45) is 0 Å². The van der Waals surface area contributed by atoms with E-state index in [1.165, 1.54) is 6.07 Å². The van der Waals surface area contributed by atoms with Crippen LogP contribution in [0.5, 0.6) is 0 Å². The highest BCUT2D eigenvalue weighted by molar-refractivity contribution is 7.80. The fraction of sp³-hybridized carbons (Fsp3) is 0.464. The van der Waals surface area contributed by atoms with Gasteiger partial charge in [0.05, 0.1) is 11.5 Å². The normalized spacial score (nSPS) is 24.8. The van der Waals surface area contributed by atoms with Crippen molar-refractivity contribution in [1.29, 1.82) is 5.26 Å². The van der Waals surface area contributed by atoms with Gasteiger partial charge < -0.3 is 14.5 Å². The minimum Gasteiger partial charge on any atom is -0.444 e. The molecule has 1 aliphatic carbocycles. The Hall–Kier alpha value is -3.60. The zero-order valence-corrected chi connectivity index (χ0v) is 23.5. The van der Waals surface area contributed by atoms with E-state index in [4.69, 9.17) is 22.2 Å². The molecular weight excluding hydrogens is 557 g/mol. The van der Waals surface area contributed by atoms with Crippen molar-refractivity contribution in [2.75, 3.05) is 37.6 Å². The summed E-state index contributed by atoms with van der Waals surface area (Å²) < 4.78 is 46.3. The van der Waals surface area contributed by atoms with Crippen LogP contribution >= 0.6 is 12.2 Å². The van der Waals surface area contributed by atoms with Crippen LogP contribution in [0.4, 0.5) is 23.7 Å². The number of nitriles is 1. The molecule has 5 rings (SSSR count). The number of nitrogens with one attached hydrogen (secondary N) is 2. The van der Waals surface area contributed by atoms with Crippen molar-refractivity contribution in [1.82, 2.24) is 20.7 Å². The number of hydrazine groups is 1. The lowest BCUT2D eigenvalue weighted by atomic mass is 9.79. The minimum atomic E-state index is -4.81. The second kappa shape index (κ2) is 10.3. The lowest BCUT2D eigenvalue weighted by Gasteiger charge is -2.43. The van der Waals surface area contributed by atoms with Crippen molar-refractivity contribution in [2.45, 2.75) is 49.9 Å². The van der Waals surface area contributed by atoms with E-state index in [1.807, 2.05) is 45.0 Å². The lowest BCUT2D eigenvalue weighted by Crippen LogP contribution is -2.74. The summed E-state index contributed by atoms with van der Waals surface area (Å²) in [7, 11) is 0. The fourth-order valence-corrected chi connectivity index (χ4v) is 6.18. The molecule has 216 valence electrons. The summed E-state index contributed by atoms with van der Waals surface area (Å²) in [4.78, 5) is 33.9. The number of piperazine rings is 1. The van der Waals surface area contributed by atoms with Gasteiger partial charge in [0, 0.05) is 55.4 Å². The Morgan fingerprint density at radius 3 is 2.29 bits per heavy atom. The topological polar surface area (TPSA) is 111 Å². The van der Waals surface area contributed by atoms with E-state index in [1.54, 1.807) is 4.90 Å². The Labute approximate surface area is 240 Å². The predicted octanol–water partition coefficient (Wildman–Crippen LogP) is 3.70. The molecule has 2 aromatic rings. The van der Waals surface area contributed by atoms with Crippen LogP contribution in [-0.2, 0) is 15.7 Å². The van der Waals surface area contributed by atoms with E-state index in [0.717, 1.165) is 23.5 Å². The van der Waals surface area contributed by atoms with Gasteiger partial charge in [0.15, 0.2) is 11.5 Å². The first-order valence-corrected chi connectivity index (χ1v) is 13.5. The molecule has 1 spiro atoms. The van der Waals surface area contributed by atoms with Crippen molar-refractivity contribution in [3.8, 4) is 6.07 Å². The summed E-state index contributed by atoms with van der Waals surface area (Å²) in [5, 5.41) is 9.11. The summed E-state index contributed by atoms with van der Waals surface area (Å²) in [5.41, 5.74) is 3.97. The van der Waals surface area contributed by atoms with Crippen LogP contribution in [0.3, 0.4) is 0 Å². The number of Topliss-reactive ketones (excluding diaryl/α,β-unsaturated/α-hetero) is 1. The van der Waals surface area contributed by atoms with Crippen molar-refractivity contribution in [3.05, 3.63) is 58.9 Å². The van der Waals surface area contributed by atoms with E-state index in [-0.39, 0.29) is 24.0 Å². The number of benzene rings is 1. The monoisotopic (exact) mass is 586 g/mol. The molecule has 2 N–H and O–H groups in total. The third kappa shape index (κ3) is 5.27. The van der Waals surface area contributed by atoms with Crippen molar-refractivity contribution in [3.63, 3.8) is 0 Å². The number of alkyl halides is 3. The number of nitrogens with zero attached hydrogens (tertiary/aromatic N) is 4. The highest BCUT2D eigenvalue weighted by Gasteiger charge is 2.62. The number of pyridine rings is 1. The molecule has 2 saturated heterocycles. The van der Waals surface area contributed by atoms with Gasteiger partial charge in [-0.2, -0.15) is 18.4 Å². The van der Waals surface area contributed by atoms with Crippen LogP contribution in [0.25, 0.3) is 0 Å². The summed E-state index contributed by atoms with van der Waals surface area (Å²) >= 11 is 5.76. The van der Waals surface area contributed by atoms with Gasteiger partial charge in [-0.25, -0.2) is 15.2 Å². The average Bonchev–Trinajstić information content (AvgIpc) is 3.13. The quantitative estimate of drug-likeness (QED) is 0.521. The first-order chi connectivity index (χ1) is 19.2. The summed E-state index contributed by atoms with van der Waals surface area (Å²) in [6.45, 7) is 8.00. The Kier molecular flexibility index (Phi) is 7.30. The number of carbonyl (C=O) groups is 2. The van der Waals surface area contributed by atoms with Crippen LogP contribution in [0.1, 0.15) is 55.0 Å². The van der Waals surface area contributed by atoms with Crippen molar-refractivity contribution >= 4 is 34.6 Å². The number of ketones is 1. The molecule has 1 aromatic heterocycles. The molecular formula is C28H29F3N6O3S. The molecule has 1 aromatic carbocycles. The molecule has 0 bridgehead atoms. The Morgan fingerprint density at radius 1 is 1.15 bits per heavy atom. The van der Waals surface area contributed by atoms with E-state index in [9.17, 15) is 22.8 Å². The van der Waals surface area contributed by atoms with Gasteiger partial charge in [0.1, 0.15) is 17.2 Å². The molecule has 3 fully saturated rings. The largest absolute Gasteiger partial charge is 0.444 e. The molecule has 3 aliphatic rings. The number of amides is 1. The van der Waals surface area contributed by atoms with Gasteiger partial charge in [0.25, 0.3) is 0 Å². The number of anilines is 1. The van der Waals surface area contributed by atoms with Crippen molar-refractivity contribution < 1.29 is 27.5 Å². The van der Waals surface area contributed by atoms with Gasteiger partial charge >= 0.3 is 12.3 Å². The highest BCUT2D eigenvalue weighted by atomic mass is 32.1. The van der Waals surface area contributed by atoms with Gasteiger partial charge in [-0.3, -0.25) is 10.2 Å². The number of ether oxygens (including phenoxy) is 1. The van der Waals surface area contributed by atoms with Gasteiger partial charge in [-0.1, -0.05) is 24.4 Å². The van der Waals surface area contributed by atoms with Crippen LogP contribution in [0.2, 0.25) is 0 Å². The molecule has 3 atom stereocenters. The number of halogens is 3. The van der Waals surface area contributed by atoms with Crippen LogP contribution in [0, 0.1) is 11.3 Å². The van der Waals surface area contributed by atoms with Crippen LogP contribution in [0.15, 0.2) is 36.5 Å². The van der Waals surface area contributed by atoms with E-state index in [0.29, 0.717) is 31.0 Å². The molecule has 41 heavy (non-hydrogen) atoms. The van der Waals surface area contributed by atoms with Gasteiger partial charge in [-0.15, -0.1) is 0 Å². The Bertz CT molecular complexity index is 1420. The molecule has 13 heteroatoms. The van der Waals surface area contributed by atoms with Gasteiger partial charge in [-0.05, 0) is 50.1 Å². The maximum Gasteiger partial charge on any atom is 0.419 e. The zero-order valence-electron chi connectivity index (χ0n) is 22.7. The fourth-order valence-electron chi connectivity index (χ4n) is 5.60. The predicted molar refractivity (Wildman–Crippen MR) is 147 cm³/mol. The standard InChI is InChI=1S/C28H29F3N6O3S/c1-26(2,3)40-25(39)37-10-8-36(9-11-37)18-6-4-16(5-7-18)22-23(41)21(24(38)27(22)15-34-35-27)17-12-19(28(29,30)31)20(13-32)33-14-17/h4-7,12,14,21-22,34-35H,8-11,15H2,1-3H3. The SMILES string of the molecule is CC(C)(C)OC(=O)N1CCN(c2ccc(C3C(=S)C(c4cnc(C#N)c(C(F)(F)F)c4)C(=O)C34CNN4)cc2)CC1. The molecule has 1 saturated carbocycles. The maximum absolute atomic E-state index is 13.7. The molecule has 3 heterocycles. The summed E-state index contributed by atoms with van der Waals surface area (Å²) in [6.07, 6.45) is -4.02. The summed E-state index contributed by atoms with van der Waals surface area (Å²) in [5.74, 6) is -2.00. The third-order valence-corrected chi connectivity index (χ3v) is 8.09. The first kappa shape index (κ1) is 28.9. The molecule has 3 unspecified atom stereocenters. The summed E-state index contributed by atoms with van der Waals surface area (Å²) in [6, 6.07) is 9.87. The Morgan fingerprint density at radius 2 is 1.78 bits per heavy atom. The highest BCUT2D eigenvalue weighted by Crippen LogP contribution is 2.48. The lowest BCUT2D eigenvalue weighted by molar-refractivity contribution is -0.138. The first-order valence-electron chi connectivity index (χ1n) is 13.1. The zero-order chi connectivity index (χ0) is 29.7. The smallest absolute Gasteiger partial charge is 0.419 e. The Balaban J connectivity index is 1.36. The average molecular weight is 587 g/mol. The number of thiocarbonyl (C=S) groups is 1. The van der Waals surface area contributed by atoms with Gasteiger partial charge in [0.2, 0.25) is 0 Å².